The zero-order valence-electron chi connectivity index (χ0n) is 8.63. The largest absolute Gasteiger partial charge is 0.306 e. The summed E-state index contributed by atoms with van der Waals surface area (Å²) in [5.41, 5.74) is 0. The molecule has 1 saturated carbocycles. The van der Waals surface area contributed by atoms with Crippen LogP contribution >= 0.6 is 11.8 Å². The first-order valence-corrected chi connectivity index (χ1v) is 6.88. The number of thioether (sulfide) groups is 1. The fourth-order valence-electron chi connectivity index (χ4n) is 2.42. The second kappa shape index (κ2) is 5.17. The van der Waals surface area contributed by atoms with Crippen molar-refractivity contribution in [2.24, 2.45) is 5.92 Å². The number of carbonyl (C=O) groups excluding carboxylic acids is 1. The van der Waals surface area contributed by atoms with E-state index in [2.05, 4.69) is 5.32 Å². The van der Waals surface area contributed by atoms with Gasteiger partial charge >= 0.3 is 0 Å². The van der Waals surface area contributed by atoms with Crippen LogP contribution in [0.15, 0.2) is 0 Å². The summed E-state index contributed by atoms with van der Waals surface area (Å²) in [4.78, 5) is 12.1. The van der Waals surface area contributed by atoms with Gasteiger partial charge in [0.2, 0.25) is 0 Å². The van der Waals surface area contributed by atoms with Crippen LogP contribution in [0.1, 0.15) is 32.1 Å². The maximum absolute atomic E-state index is 12.1. The predicted molar refractivity (Wildman–Crippen MR) is 60.7 cm³/mol. The lowest BCUT2D eigenvalue weighted by Gasteiger charge is -2.28. The van der Waals surface area contributed by atoms with Gasteiger partial charge in [-0.1, -0.05) is 19.3 Å². The average molecular weight is 213 g/mol. The number of hydrogen-bond donors (Lipinski definition) is 1. The number of rotatable bonds is 2. The molecule has 0 spiro atoms. The van der Waals surface area contributed by atoms with E-state index >= 15 is 0 Å². The van der Waals surface area contributed by atoms with Crippen molar-refractivity contribution in [2.75, 3.05) is 18.1 Å². The zero-order valence-corrected chi connectivity index (χ0v) is 9.44. The summed E-state index contributed by atoms with van der Waals surface area (Å²) in [6, 6.07) is 0.164. The summed E-state index contributed by atoms with van der Waals surface area (Å²) in [5.74, 6) is 3.03. The molecule has 0 bridgehead atoms. The van der Waals surface area contributed by atoms with Gasteiger partial charge in [0.25, 0.3) is 0 Å². The minimum absolute atomic E-state index is 0.164. The van der Waals surface area contributed by atoms with Crippen LogP contribution in [-0.4, -0.2) is 29.9 Å². The SMILES string of the molecule is O=C(C1CCCCC1)C1CSCCN1. The normalized spacial score (nSPS) is 30.1. The summed E-state index contributed by atoms with van der Waals surface area (Å²) in [7, 11) is 0. The number of nitrogens with one attached hydrogen (secondary N) is 1. The van der Waals surface area contributed by atoms with Gasteiger partial charge in [0, 0.05) is 24.0 Å². The Morgan fingerprint density at radius 3 is 2.64 bits per heavy atom. The highest BCUT2D eigenvalue weighted by Gasteiger charge is 2.28. The summed E-state index contributed by atoms with van der Waals surface area (Å²) in [5, 5.41) is 3.35. The molecule has 0 aromatic heterocycles. The molecule has 1 N–H and O–H groups in total. The molecule has 2 fully saturated rings. The van der Waals surface area contributed by atoms with E-state index in [0.29, 0.717) is 11.7 Å². The van der Waals surface area contributed by atoms with Gasteiger partial charge in [-0.2, -0.15) is 11.8 Å². The minimum atomic E-state index is 0.164. The second-order valence-corrected chi connectivity index (χ2v) is 5.47. The van der Waals surface area contributed by atoms with Gasteiger partial charge in [0.15, 0.2) is 5.78 Å². The number of ketones is 1. The van der Waals surface area contributed by atoms with E-state index in [0.717, 1.165) is 30.9 Å². The Labute approximate surface area is 90.2 Å². The summed E-state index contributed by atoms with van der Waals surface area (Å²) < 4.78 is 0. The van der Waals surface area contributed by atoms with Crippen molar-refractivity contribution in [3.05, 3.63) is 0 Å². The third-order valence-electron chi connectivity index (χ3n) is 3.27. The lowest BCUT2D eigenvalue weighted by Crippen LogP contribution is -2.46. The van der Waals surface area contributed by atoms with E-state index in [1.165, 1.54) is 19.3 Å². The van der Waals surface area contributed by atoms with Crippen LogP contribution < -0.4 is 5.32 Å². The standard InChI is InChI=1S/C11H19NOS/c13-11(9-4-2-1-3-5-9)10-8-14-7-6-12-10/h9-10,12H,1-8H2. The molecule has 0 aromatic carbocycles. The molecule has 0 radical (unpaired) electrons. The molecule has 2 nitrogen and oxygen atoms in total. The third-order valence-corrected chi connectivity index (χ3v) is 4.33. The fraction of sp³-hybridized carbons (Fsp3) is 0.909. The van der Waals surface area contributed by atoms with Crippen LogP contribution in [-0.2, 0) is 4.79 Å². The Hall–Kier alpha value is -0.0200. The first kappa shape index (κ1) is 10.5. The van der Waals surface area contributed by atoms with E-state index < -0.39 is 0 Å². The molecular weight excluding hydrogens is 194 g/mol. The van der Waals surface area contributed by atoms with Crippen LogP contribution in [0.2, 0.25) is 0 Å². The van der Waals surface area contributed by atoms with Crippen molar-refractivity contribution < 1.29 is 4.79 Å². The van der Waals surface area contributed by atoms with Gasteiger partial charge in [0.05, 0.1) is 6.04 Å². The lowest BCUT2D eigenvalue weighted by atomic mass is 9.84. The first-order valence-electron chi connectivity index (χ1n) is 5.73. The topological polar surface area (TPSA) is 29.1 Å². The molecule has 14 heavy (non-hydrogen) atoms. The Balaban J connectivity index is 1.85. The maximum atomic E-state index is 12.1. The minimum Gasteiger partial charge on any atom is -0.306 e. The van der Waals surface area contributed by atoms with Crippen molar-refractivity contribution >= 4 is 17.5 Å². The maximum Gasteiger partial charge on any atom is 0.153 e. The second-order valence-electron chi connectivity index (χ2n) is 4.32. The van der Waals surface area contributed by atoms with Crippen molar-refractivity contribution in [1.29, 1.82) is 0 Å². The molecule has 1 saturated heterocycles. The molecule has 1 unspecified atom stereocenters. The molecule has 1 atom stereocenters. The van der Waals surface area contributed by atoms with E-state index in [-0.39, 0.29) is 6.04 Å². The number of hydrogen-bond acceptors (Lipinski definition) is 3. The zero-order chi connectivity index (χ0) is 9.80. The molecule has 1 aliphatic carbocycles. The molecule has 1 heterocycles. The monoisotopic (exact) mass is 213 g/mol. The van der Waals surface area contributed by atoms with Crippen LogP contribution in [0.3, 0.4) is 0 Å². The molecule has 0 amide bonds. The number of Topliss-reactive ketones (excluding diaryl/α,β-unsaturated/α-hetero) is 1. The Morgan fingerprint density at radius 1 is 1.21 bits per heavy atom. The highest BCUT2D eigenvalue weighted by molar-refractivity contribution is 7.99. The van der Waals surface area contributed by atoms with Gasteiger partial charge in [-0.25, -0.2) is 0 Å². The Bertz CT molecular complexity index is 175. The van der Waals surface area contributed by atoms with E-state index in [4.69, 9.17) is 0 Å². The third kappa shape index (κ3) is 2.51. The van der Waals surface area contributed by atoms with Gasteiger partial charge < -0.3 is 5.32 Å². The quantitative estimate of drug-likeness (QED) is 0.759. The van der Waals surface area contributed by atoms with Crippen molar-refractivity contribution in [2.45, 2.75) is 38.1 Å². The van der Waals surface area contributed by atoms with Crippen molar-refractivity contribution in [1.82, 2.24) is 5.32 Å². The van der Waals surface area contributed by atoms with Crippen LogP contribution in [0, 0.1) is 5.92 Å². The van der Waals surface area contributed by atoms with Crippen LogP contribution in [0.5, 0.6) is 0 Å². The van der Waals surface area contributed by atoms with Crippen LogP contribution in [0.4, 0.5) is 0 Å². The Morgan fingerprint density at radius 2 is 2.00 bits per heavy atom. The van der Waals surface area contributed by atoms with Gasteiger partial charge in [-0.3, -0.25) is 4.79 Å². The molecule has 0 aromatic rings. The highest BCUT2D eigenvalue weighted by Crippen LogP contribution is 2.26. The Kier molecular flexibility index (Phi) is 3.88. The van der Waals surface area contributed by atoms with E-state index in [9.17, 15) is 4.79 Å². The van der Waals surface area contributed by atoms with Gasteiger partial charge in [-0.15, -0.1) is 0 Å². The molecule has 1 aliphatic heterocycles. The van der Waals surface area contributed by atoms with Crippen LogP contribution in [0.25, 0.3) is 0 Å². The van der Waals surface area contributed by atoms with Gasteiger partial charge in [-0.05, 0) is 12.8 Å². The predicted octanol–water partition coefficient (Wildman–Crippen LogP) is 1.84. The smallest absolute Gasteiger partial charge is 0.153 e. The summed E-state index contributed by atoms with van der Waals surface area (Å²) in [6.45, 7) is 1.01. The summed E-state index contributed by atoms with van der Waals surface area (Å²) >= 11 is 1.91. The van der Waals surface area contributed by atoms with Gasteiger partial charge in [0.1, 0.15) is 0 Å². The fourth-order valence-corrected chi connectivity index (χ4v) is 3.37. The summed E-state index contributed by atoms with van der Waals surface area (Å²) in [6.07, 6.45) is 6.13. The molecule has 2 rings (SSSR count). The first-order chi connectivity index (χ1) is 6.88. The molecule has 80 valence electrons. The highest BCUT2D eigenvalue weighted by atomic mass is 32.2. The lowest BCUT2D eigenvalue weighted by molar-refractivity contribution is -0.125. The molecular formula is C11H19NOS. The molecule has 3 heteroatoms. The molecule has 2 aliphatic rings. The van der Waals surface area contributed by atoms with Crippen molar-refractivity contribution in [3.8, 4) is 0 Å². The number of carbonyl (C=O) groups is 1. The van der Waals surface area contributed by atoms with Crippen molar-refractivity contribution in [3.63, 3.8) is 0 Å². The van der Waals surface area contributed by atoms with E-state index in [1.807, 2.05) is 11.8 Å². The average Bonchev–Trinajstić information content (AvgIpc) is 2.30. The van der Waals surface area contributed by atoms with E-state index in [1.54, 1.807) is 0 Å².